The monoisotopic (exact) mass is 1070 g/mol. The average molecular weight is 1070 g/mol. The van der Waals surface area contributed by atoms with Crippen LogP contribution in [0.2, 0.25) is 0 Å². The number of rotatable bonds is 58. The van der Waals surface area contributed by atoms with Crippen molar-refractivity contribution in [2.45, 2.75) is 309 Å². The quantitative estimate of drug-likeness (QED) is 0.0261. The molecule has 1 unspecified atom stereocenters. The smallest absolute Gasteiger partial charge is 0.306 e. The lowest BCUT2D eigenvalue weighted by molar-refractivity contribution is -0.167. The van der Waals surface area contributed by atoms with Crippen LogP contribution in [-0.4, -0.2) is 37.2 Å². The minimum absolute atomic E-state index is 0.0912. The van der Waals surface area contributed by atoms with Gasteiger partial charge in [0.25, 0.3) is 0 Å². The van der Waals surface area contributed by atoms with E-state index in [1.807, 2.05) is 0 Å². The standard InChI is InChI=1S/C71H120O6/c1-4-7-10-13-16-19-22-24-26-28-30-32-33-34-35-36-37-39-40-42-44-46-49-52-55-58-61-64-70(73)76-67-68(66-75-69(72)63-60-57-54-51-48-21-18-15-12-9-6-3)77-71(74)65-62-59-56-53-50-47-45-43-41-38-31-29-27-25-23-20-17-14-11-8-5-2/h7,10,16,19,24,26,29-32,34-35,37,39,42,44,49,52,68H,4-6,8-9,11-15,17-18,20-23,25,27-28,33,36,38,40-41,43,45-48,50-51,53-67H2,1-3H3/b10-7-,19-16-,26-24-,31-29-,32-30-,35-34-,39-37-,44-42-,52-49-. The Hall–Kier alpha value is -3.93. The van der Waals surface area contributed by atoms with Gasteiger partial charge in [-0.25, -0.2) is 0 Å². The minimum atomic E-state index is -0.798. The molecule has 0 fully saturated rings. The first-order valence-electron chi connectivity index (χ1n) is 32.4. The van der Waals surface area contributed by atoms with Crippen molar-refractivity contribution >= 4 is 17.9 Å². The van der Waals surface area contributed by atoms with E-state index >= 15 is 0 Å². The van der Waals surface area contributed by atoms with Crippen LogP contribution in [0.4, 0.5) is 0 Å². The zero-order valence-electron chi connectivity index (χ0n) is 50.4. The van der Waals surface area contributed by atoms with Gasteiger partial charge in [-0.15, -0.1) is 0 Å². The molecule has 0 aromatic carbocycles. The maximum Gasteiger partial charge on any atom is 0.306 e. The molecule has 1 atom stereocenters. The van der Waals surface area contributed by atoms with E-state index in [1.165, 1.54) is 154 Å². The number of carbonyl (C=O) groups is 3. The second-order valence-corrected chi connectivity index (χ2v) is 21.3. The molecule has 77 heavy (non-hydrogen) atoms. The number of ether oxygens (including phenoxy) is 3. The fourth-order valence-corrected chi connectivity index (χ4v) is 8.92. The summed E-state index contributed by atoms with van der Waals surface area (Å²) in [6.07, 6.45) is 88.1. The second-order valence-electron chi connectivity index (χ2n) is 21.3. The average Bonchev–Trinajstić information content (AvgIpc) is 3.43. The van der Waals surface area contributed by atoms with Gasteiger partial charge in [0, 0.05) is 19.3 Å². The molecule has 0 radical (unpaired) electrons. The van der Waals surface area contributed by atoms with Crippen LogP contribution in [0.15, 0.2) is 109 Å². The van der Waals surface area contributed by atoms with Crippen molar-refractivity contribution in [2.24, 2.45) is 0 Å². The maximum absolute atomic E-state index is 12.9. The van der Waals surface area contributed by atoms with Gasteiger partial charge >= 0.3 is 17.9 Å². The molecular formula is C71H120O6. The Balaban J connectivity index is 4.38. The molecule has 0 saturated heterocycles. The van der Waals surface area contributed by atoms with E-state index in [-0.39, 0.29) is 31.1 Å². The summed E-state index contributed by atoms with van der Waals surface area (Å²) in [5.74, 6) is -0.932. The molecule has 0 spiro atoms. The summed E-state index contributed by atoms with van der Waals surface area (Å²) in [7, 11) is 0. The Labute approximate surface area is 476 Å². The van der Waals surface area contributed by atoms with Crippen LogP contribution in [0.1, 0.15) is 303 Å². The summed E-state index contributed by atoms with van der Waals surface area (Å²) < 4.78 is 16.9. The van der Waals surface area contributed by atoms with Crippen molar-refractivity contribution in [3.05, 3.63) is 109 Å². The molecule has 6 nitrogen and oxygen atoms in total. The number of allylic oxidation sites excluding steroid dienone is 18. The second kappa shape index (κ2) is 64.6. The van der Waals surface area contributed by atoms with Crippen molar-refractivity contribution < 1.29 is 28.6 Å². The highest BCUT2D eigenvalue weighted by Crippen LogP contribution is 2.16. The molecule has 0 heterocycles. The Morgan fingerprint density at radius 2 is 0.506 bits per heavy atom. The molecule has 0 saturated carbocycles. The fourth-order valence-electron chi connectivity index (χ4n) is 8.92. The van der Waals surface area contributed by atoms with Gasteiger partial charge < -0.3 is 14.2 Å². The Morgan fingerprint density at radius 3 is 0.831 bits per heavy atom. The predicted octanol–water partition coefficient (Wildman–Crippen LogP) is 22.2. The van der Waals surface area contributed by atoms with Crippen LogP contribution in [0, 0.1) is 0 Å². The van der Waals surface area contributed by atoms with E-state index in [1.54, 1.807) is 0 Å². The van der Waals surface area contributed by atoms with Crippen molar-refractivity contribution in [3.63, 3.8) is 0 Å². The van der Waals surface area contributed by atoms with E-state index in [2.05, 4.69) is 130 Å². The lowest BCUT2D eigenvalue weighted by atomic mass is 10.1. The first kappa shape index (κ1) is 73.1. The highest BCUT2D eigenvalue weighted by molar-refractivity contribution is 5.71. The number of carbonyl (C=O) groups excluding carboxylic acids is 3. The fraction of sp³-hybridized carbons (Fsp3) is 0.704. The lowest BCUT2D eigenvalue weighted by Crippen LogP contribution is -2.30. The van der Waals surface area contributed by atoms with Gasteiger partial charge in [0.2, 0.25) is 0 Å². The Morgan fingerprint density at radius 1 is 0.273 bits per heavy atom. The van der Waals surface area contributed by atoms with Gasteiger partial charge in [0.1, 0.15) is 13.2 Å². The summed E-state index contributed by atoms with van der Waals surface area (Å²) in [5.41, 5.74) is 0. The highest BCUT2D eigenvalue weighted by Gasteiger charge is 2.19. The zero-order valence-corrected chi connectivity index (χ0v) is 50.4. The Kier molecular flexibility index (Phi) is 61.3. The maximum atomic E-state index is 12.9. The number of unbranched alkanes of at least 4 members (excludes halogenated alkanes) is 29. The third kappa shape index (κ3) is 62.8. The van der Waals surface area contributed by atoms with E-state index in [9.17, 15) is 14.4 Å². The van der Waals surface area contributed by atoms with Crippen LogP contribution in [0.25, 0.3) is 0 Å². The van der Waals surface area contributed by atoms with Crippen molar-refractivity contribution in [1.82, 2.24) is 0 Å². The van der Waals surface area contributed by atoms with E-state index in [0.717, 1.165) is 109 Å². The van der Waals surface area contributed by atoms with Crippen LogP contribution in [0.3, 0.4) is 0 Å². The molecule has 0 amide bonds. The largest absolute Gasteiger partial charge is 0.462 e. The number of esters is 3. The molecule has 0 bridgehead atoms. The predicted molar refractivity (Wildman–Crippen MR) is 334 cm³/mol. The molecule has 0 rings (SSSR count). The summed E-state index contributed by atoms with van der Waals surface area (Å²) in [6, 6.07) is 0. The number of hydrogen-bond donors (Lipinski definition) is 0. The normalized spacial score (nSPS) is 12.8. The molecule has 0 aromatic rings. The summed E-state index contributed by atoms with van der Waals surface area (Å²) >= 11 is 0. The summed E-state index contributed by atoms with van der Waals surface area (Å²) in [4.78, 5) is 38.3. The topological polar surface area (TPSA) is 78.9 Å². The Bertz CT molecular complexity index is 1560. The van der Waals surface area contributed by atoms with Crippen LogP contribution < -0.4 is 0 Å². The van der Waals surface area contributed by atoms with Crippen molar-refractivity contribution in [1.29, 1.82) is 0 Å². The van der Waals surface area contributed by atoms with Crippen LogP contribution >= 0.6 is 0 Å². The van der Waals surface area contributed by atoms with Crippen LogP contribution in [-0.2, 0) is 28.6 Å². The highest BCUT2D eigenvalue weighted by atomic mass is 16.6. The first-order valence-corrected chi connectivity index (χ1v) is 32.4. The van der Waals surface area contributed by atoms with E-state index in [4.69, 9.17) is 14.2 Å². The molecule has 0 aliphatic rings. The van der Waals surface area contributed by atoms with Gasteiger partial charge in [-0.2, -0.15) is 0 Å². The van der Waals surface area contributed by atoms with E-state index in [0.29, 0.717) is 19.3 Å². The molecule has 6 heteroatoms. The minimum Gasteiger partial charge on any atom is -0.462 e. The van der Waals surface area contributed by atoms with E-state index < -0.39 is 6.10 Å². The number of hydrogen-bond acceptors (Lipinski definition) is 6. The van der Waals surface area contributed by atoms with Gasteiger partial charge in [-0.05, 0) is 109 Å². The van der Waals surface area contributed by atoms with Crippen molar-refractivity contribution in [3.8, 4) is 0 Å². The summed E-state index contributed by atoms with van der Waals surface area (Å²) in [5, 5.41) is 0. The first-order chi connectivity index (χ1) is 38.0. The molecule has 0 aromatic heterocycles. The molecule has 0 N–H and O–H groups in total. The van der Waals surface area contributed by atoms with Gasteiger partial charge in [0.15, 0.2) is 6.10 Å². The molecule has 0 aliphatic carbocycles. The molecule has 0 aliphatic heterocycles. The summed E-state index contributed by atoms with van der Waals surface area (Å²) in [6.45, 7) is 6.50. The SMILES string of the molecule is CC/C=C\C/C=C\C/C=C\C/C=C\C/C=C\C/C=C\C/C=C\C/C=C\CCCCC(=O)OCC(COC(=O)CCCCCCCCCCCCC)OC(=O)CCCCCCCCCCC/C=C\CCCCCCCCCC. The lowest BCUT2D eigenvalue weighted by Gasteiger charge is -2.18. The van der Waals surface area contributed by atoms with Crippen molar-refractivity contribution in [2.75, 3.05) is 13.2 Å². The zero-order chi connectivity index (χ0) is 55.7. The third-order valence-corrected chi connectivity index (χ3v) is 13.8. The third-order valence-electron chi connectivity index (χ3n) is 13.8. The van der Waals surface area contributed by atoms with Gasteiger partial charge in [-0.1, -0.05) is 284 Å². The van der Waals surface area contributed by atoms with Gasteiger partial charge in [0.05, 0.1) is 0 Å². The molecule has 440 valence electrons. The van der Waals surface area contributed by atoms with Crippen LogP contribution in [0.5, 0.6) is 0 Å². The molecular weight excluding hydrogens is 949 g/mol. The van der Waals surface area contributed by atoms with Gasteiger partial charge in [-0.3, -0.25) is 14.4 Å².